The highest BCUT2D eigenvalue weighted by molar-refractivity contribution is 6.21. The van der Waals surface area contributed by atoms with Crippen molar-refractivity contribution < 1.29 is 9.53 Å². The van der Waals surface area contributed by atoms with Crippen LogP contribution in [0.1, 0.15) is 31.2 Å². The van der Waals surface area contributed by atoms with Gasteiger partial charge in [-0.25, -0.2) is 0 Å². The quantitative estimate of drug-likeness (QED) is 0.798. The van der Waals surface area contributed by atoms with Crippen molar-refractivity contribution in [1.29, 1.82) is 0 Å². The highest BCUT2D eigenvalue weighted by Crippen LogP contribution is 2.27. The van der Waals surface area contributed by atoms with E-state index in [9.17, 15) is 4.79 Å². The monoisotopic (exact) mass is 295 g/mol. The summed E-state index contributed by atoms with van der Waals surface area (Å²) in [4.78, 5) is 14.3. The lowest BCUT2D eigenvalue weighted by Crippen LogP contribution is -2.44. The second-order valence-electron chi connectivity index (χ2n) is 5.36. The first-order valence-electron chi connectivity index (χ1n) is 7.15. The number of ether oxygens (including phenoxy) is 1. The normalized spacial score (nSPS) is 22.4. The van der Waals surface area contributed by atoms with Gasteiger partial charge < -0.3 is 9.64 Å². The topological polar surface area (TPSA) is 29.5 Å². The minimum absolute atomic E-state index is 0.0790. The molecule has 0 N–H and O–H groups in total. The van der Waals surface area contributed by atoms with Crippen LogP contribution in [0.4, 0.5) is 0 Å². The second kappa shape index (κ2) is 6.98. The summed E-state index contributed by atoms with van der Waals surface area (Å²) >= 11 is 6.36. The number of carbonyl (C=O) groups excluding carboxylic acids is 1. The second-order valence-corrected chi connectivity index (χ2v) is 5.92. The summed E-state index contributed by atoms with van der Waals surface area (Å²) in [6.45, 7) is 0. The molecule has 2 rings (SSSR count). The lowest BCUT2D eigenvalue weighted by atomic mass is 9.93. The standard InChI is InChI=1S/C16H22ClNO2/c1-18(14-9-5-4-8-13(14)17)16(19)11-12-7-3-6-10-15(12)20-2/h3,6-7,10,13-14H,4-5,8-9,11H2,1-2H3. The average molecular weight is 296 g/mol. The molecule has 0 radical (unpaired) electrons. The van der Waals surface area contributed by atoms with Crippen LogP contribution < -0.4 is 4.74 Å². The Morgan fingerprint density at radius 3 is 2.75 bits per heavy atom. The summed E-state index contributed by atoms with van der Waals surface area (Å²) in [5.41, 5.74) is 0.925. The molecule has 20 heavy (non-hydrogen) atoms. The molecule has 1 fully saturated rings. The number of rotatable bonds is 4. The number of amides is 1. The number of hydrogen-bond donors (Lipinski definition) is 0. The van der Waals surface area contributed by atoms with Crippen LogP contribution in [-0.2, 0) is 11.2 Å². The number of para-hydroxylation sites is 1. The SMILES string of the molecule is COc1ccccc1CC(=O)N(C)C1CCCCC1Cl. The molecule has 110 valence electrons. The van der Waals surface area contributed by atoms with E-state index in [1.54, 1.807) is 7.11 Å². The van der Waals surface area contributed by atoms with E-state index in [2.05, 4.69) is 0 Å². The molecule has 0 heterocycles. The van der Waals surface area contributed by atoms with Crippen molar-refractivity contribution in [3.8, 4) is 5.75 Å². The van der Waals surface area contributed by atoms with Gasteiger partial charge in [0, 0.05) is 18.7 Å². The third-order valence-electron chi connectivity index (χ3n) is 4.07. The van der Waals surface area contributed by atoms with Gasteiger partial charge in [-0.15, -0.1) is 11.6 Å². The van der Waals surface area contributed by atoms with Crippen LogP contribution in [0.25, 0.3) is 0 Å². The van der Waals surface area contributed by atoms with Gasteiger partial charge in [0.05, 0.1) is 18.9 Å². The van der Waals surface area contributed by atoms with Crippen LogP contribution >= 0.6 is 11.6 Å². The highest BCUT2D eigenvalue weighted by atomic mass is 35.5. The van der Waals surface area contributed by atoms with Gasteiger partial charge in [-0.3, -0.25) is 4.79 Å². The zero-order chi connectivity index (χ0) is 14.5. The van der Waals surface area contributed by atoms with Gasteiger partial charge in [0.2, 0.25) is 5.91 Å². The van der Waals surface area contributed by atoms with E-state index < -0.39 is 0 Å². The zero-order valence-electron chi connectivity index (χ0n) is 12.1. The first kappa shape index (κ1) is 15.2. The van der Waals surface area contributed by atoms with E-state index in [-0.39, 0.29) is 17.3 Å². The molecule has 0 spiro atoms. The van der Waals surface area contributed by atoms with Gasteiger partial charge in [0.1, 0.15) is 5.75 Å². The summed E-state index contributed by atoms with van der Waals surface area (Å²) in [6, 6.07) is 7.81. The molecule has 2 unspecified atom stereocenters. The molecule has 0 aromatic heterocycles. The predicted octanol–water partition coefficient (Wildman–Crippen LogP) is 3.25. The van der Waals surface area contributed by atoms with Crippen LogP contribution in [0.5, 0.6) is 5.75 Å². The Bertz CT molecular complexity index is 464. The van der Waals surface area contributed by atoms with E-state index in [0.717, 1.165) is 30.6 Å². The zero-order valence-corrected chi connectivity index (χ0v) is 12.9. The number of likely N-dealkylation sites (N-methyl/N-ethyl adjacent to an activating group) is 1. The molecular weight excluding hydrogens is 274 g/mol. The summed E-state index contributed by atoms with van der Waals surface area (Å²) < 4.78 is 5.30. The predicted molar refractivity (Wildman–Crippen MR) is 81.4 cm³/mol. The number of halogens is 1. The maximum absolute atomic E-state index is 12.4. The fourth-order valence-electron chi connectivity index (χ4n) is 2.82. The molecule has 1 aliphatic rings. The molecular formula is C16H22ClNO2. The van der Waals surface area contributed by atoms with Gasteiger partial charge in [0.25, 0.3) is 0 Å². The van der Waals surface area contributed by atoms with Crippen LogP contribution in [0.15, 0.2) is 24.3 Å². The summed E-state index contributed by atoms with van der Waals surface area (Å²) in [6.07, 6.45) is 4.68. The fraction of sp³-hybridized carbons (Fsp3) is 0.562. The Labute approximate surface area is 125 Å². The van der Waals surface area contributed by atoms with Crippen molar-refractivity contribution in [3.63, 3.8) is 0 Å². The number of methoxy groups -OCH3 is 1. The maximum atomic E-state index is 12.4. The van der Waals surface area contributed by atoms with Crippen molar-refractivity contribution in [3.05, 3.63) is 29.8 Å². The van der Waals surface area contributed by atoms with Crippen LogP contribution in [0.2, 0.25) is 0 Å². The number of carbonyl (C=O) groups is 1. The summed E-state index contributed by atoms with van der Waals surface area (Å²) in [7, 11) is 3.49. The number of benzene rings is 1. The van der Waals surface area contributed by atoms with Gasteiger partial charge >= 0.3 is 0 Å². The molecule has 0 saturated heterocycles. The van der Waals surface area contributed by atoms with Gasteiger partial charge in [-0.05, 0) is 18.9 Å². The molecule has 1 aromatic rings. The lowest BCUT2D eigenvalue weighted by molar-refractivity contribution is -0.131. The van der Waals surface area contributed by atoms with Crippen LogP contribution in [-0.4, -0.2) is 36.4 Å². The Morgan fingerprint density at radius 2 is 2.05 bits per heavy atom. The molecule has 2 atom stereocenters. The van der Waals surface area contributed by atoms with Crippen molar-refractivity contribution in [2.75, 3.05) is 14.2 Å². The molecule has 1 saturated carbocycles. The molecule has 1 aliphatic carbocycles. The summed E-state index contributed by atoms with van der Waals surface area (Å²) in [5.74, 6) is 0.868. The molecule has 0 aliphatic heterocycles. The lowest BCUT2D eigenvalue weighted by Gasteiger charge is -2.35. The fourth-order valence-corrected chi connectivity index (χ4v) is 3.27. The Hall–Kier alpha value is -1.22. The van der Waals surface area contributed by atoms with Gasteiger partial charge in [-0.1, -0.05) is 31.0 Å². The molecule has 1 amide bonds. The third kappa shape index (κ3) is 3.45. The van der Waals surface area contributed by atoms with E-state index in [1.165, 1.54) is 6.42 Å². The smallest absolute Gasteiger partial charge is 0.227 e. The Kier molecular flexibility index (Phi) is 5.30. The minimum atomic E-state index is 0.0790. The van der Waals surface area contributed by atoms with E-state index in [0.29, 0.717) is 6.42 Å². The van der Waals surface area contributed by atoms with E-state index in [4.69, 9.17) is 16.3 Å². The maximum Gasteiger partial charge on any atom is 0.227 e. The number of hydrogen-bond acceptors (Lipinski definition) is 2. The first-order valence-corrected chi connectivity index (χ1v) is 7.58. The minimum Gasteiger partial charge on any atom is -0.496 e. The van der Waals surface area contributed by atoms with Crippen molar-refractivity contribution in [2.45, 2.75) is 43.5 Å². The molecule has 0 bridgehead atoms. The molecule has 3 nitrogen and oxygen atoms in total. The molecule has 1 aromatic carbocycles. The number of alkyl halides is 1. The van der Waals surface area contributed by atoms with Crippen molar-refractivity contribution in [1.82, 2.24) is 4.90 Å². The van der Waals surface area contributed by atoms with E-state index in [1.807, 2.05) is 36.2 Å². The number of nitrogens with zero attached hydrogens (tertiary/aromatic N) is 1. The van der Waals surface area contributed by atoms with Crippen molar-refractivity contribution >= 4 is 17.5 Å². The summed E-state index contributed by atoms with van der Waals surface area (Å²) in [5, 5.41) is 0.0790. The van der Waals surface area contributed by atoms with E-state index >= 15 is 0 Å². The van der Waals surface area contributed by atoms with Crippen LogP contribution in [0.3, 0.4) is 0 Å². The third-order valence-corrected chi connectivity index (χ3v) is 4.58. The Morgan fingerprint density at radius 1 is 1.35 bits per heavy atom. The van der Waals surface area contributed by atoms with Gasteiger partial charge in [-0.2, -0.15) is 0 Å². The average Bonchev–Trinajstić information content (AvgIpc) is 2.47. The first-order chi connectivity index (χ1) is 9.63. The van der Waals surface area contributed by atoms with Gasteiger partial charge in [0.15, 0.2) is 0 Å². The van der Waals surface area contributed by atoms with Crippen LogP contribution in [0, 0.1) is 0 Å². The largest absolute Gasteiger partial charge is 0.496 e. The molecule has 4 heteroatoms. The Balaban J connectivity index is 2.03. The highest BCUT2D eigenvalue weighted by Gasteiger charge is 2.29. The van der Waals surface area contributed by atoms with Crippen molar-refractivity contribution in [2.24, 2.45) is 0 Å².